The van der Waals surface area contributed by atoms with E-state index in [1.165, 1.54) is 16.4 Å². The van der Waals surface area contributed by atoms with Crippen molar-refractivity contribution in [2.24, 2.45) is 5.92 Å². The lowest BCUT2D eigenvalue weighted by molar-refractivity contribution is -0.139. The first kappa shape index (κ1) is 27.6. The Labute approximate surface area is 209 Å². The van der Waals surface area contributed by atoms with Gasteiger partial charge in [0.15, 0.2) is 0 Å². The first-order valence-electron chi connectivity index (χ1n) is 13.1. The molecule has 1 heterocycles. The van der Waals surface area contributed by atoms with Crippen LogP contribution >= 0.6 is 0 Å². The third-order valence-corrected chi connectivity index (χ3v) is 9.17. The second kappa shape index (κ2) is 12.8. The van der Waals surface area contributed by atoms with Crippen molar-refractivity contribution in [3.8, 4) is 0 Å². The molecule has 2 aliphatic rings. The topological polar surface area (TPSA) is 78.0 Å². The molecule has 0 unspecified atom stereocenters. The number of amides is 2. The van der Waals surface area contributed by atoms with E-state index in [2.05, 4.69) is 0 Å². The van der Waals surface area contributed by atoms with Crippen LogP contribution < -0.4 is 0 Å². The van der Waals surface area contributed by atoms with Crippen LogP contribution in [0.3, 0.4) is 0 Å². The highest BCUT2D eigenvalue weighted by atomic mass is 32.2. The normalized spacial score (nSPS) is 17.8. The molecule has 2 fully saturated rings. The summed E-state index contributed by atoms with van der Waals surface area (Å²) in [6, 6.07) is 5.96. The van der Waals surface area contributed by atoms with Crippen LogP contribution in [0.25, 0.3) is 0 Å². The molecule has 0 spiro atoms. The summed E-state index contributed by atoms with van der Waals surface area (Å²) in [7, 11) is -3.52. The number of piperidine rings is 1. The molecule has 7 nitrogen and oxygen atoms in total. The number of carbonyl (C=O) groups is 2. The summed E-state index contributed by atoms with van der Waals surface area (Å²) < 4.78 is 40.3. The molecular weight excluding hydrogens is 469 g/mol. The molecule has 0 bridgehead atoms. The zero-order valence-corrected chi connectivity index (χ0v) is 21.9. The predicted octanol–water partition coefficient (Wildman–Crippen LogP) is 3.79. The second-order valence-electron chi connectivity index (χ2n) is 9.84. The summed E-state index contributed by atoms with van der Waals surface area (Å²) in [5, 5.41) is 0. The molecule has 0 atom stereocenters. The Kier molecular flexibility index (Phi) is 10.1. The largest absolute Gasteiger partial charge is 0.342 e. The van der Waals surface area contributed by atoms with E-state index in [4.69, 9.17) is 0 Å². The quantitative estimate of drug-likeness (QED) is 0.455. The Hall–Kier alpha value is -2.00. The first-order chi connectivity index (χ1) is 16.7. The highest BCUT2D eigenvalue weighted by Gasteiger charge is 2.34. The maximum absolute atomic E-state index is 13.5. The highest BCUT2D eigenvalue weighted by Crippen LogP contribution is 2.28. The number of sulfonamides is 1. The van der Waals surface area contributed by atoms with Gasteiger partial charge in [0, 0.05) is 38.1 Å². The van der Waals surface area contributed by atoms with Crippen LogP contribution in [0.1, 0.15) is 70.8 Å². The van der Waals surface area contributed by atoms with Gasteiger partial charge in [-0.15, -0.1) is 0 Å². The number of hydrogen-bond donors (Lipinski definition) is 0. The van der Waals surface area contributed by atoms with Gasteiger partial charge in [-0.3, -0.25) is 9.59 Å². The van der Waals surface area contributed by atoms with E-state index < -0.39 is 10.0 Å². The smallest absolute Gasteiger partial charge is 0.238 e. The zero-order chi connectivity index (χ0) is 25.4. The van der Waals surface area contributed by atoms with Crippen molar-refractivity contribution in [3.63, 3.8) is 0 Å². The van der Waals surface area contributed by atoms with Crippen LogP contribution in [0.4, 0.5) is 4.39 Å². The third kappa shape index (κ3) is 7.49. The molecule has 1 saturated carbocycles. The van der Waals surface area contributed by atoms with E-state index in [0.29, 0.717) is 45.3 Å². The average Bonchev–Trinajstić information content (AvgIpc) is 3.38. The lowest BCUT2D eigenvalue weighted by atomic mass is 9.99. The Morgan fingerprint density at radius 1 is 1.00 bits per heavy atom. The van der Waals surface area contributed by atoms with E-state index in [0.717, 1.165) is 31.2 Å². The molecular formula is C26H40FN3O4S. The van der Waals surface area contributed by atoms with Gasteiger partial charge < -0.3 is 9.80 Å². The molecule has 9 heteroatoms. The number of hydrogen-bond acceptors (Lipinski definition) is 4. The van der Waals surface area contributed by atoms with Crippen LogP contribution in [0, 0.1) is 11.7 Å². The summed E-state index contributed by atoms with van der Waals surface area (Å²) >= 11 is 0. The van der Waals surface area contributed by atoms with Gasteiger partial charge in [-0.25, -0.2) is 12.8 Å². The maximum Gasteiger partial charge on any atom is 0.238 e. The molecule has 1 aliphatic heterocycles. The van der Waals surface area contributed by atoms with E-state index in [1.54, 1.807) is 17.0 Å². The zero-order valence-electron chi connectivity index (χ0n) is 21.1. The minimum absolute atomic E-state index is 0.0138. The van der Waals surface area contributed by atoms with Crippen molar-refractivity contribution < 1.29 is 22.4 Å². The second-order valence-corrected chi connectivity index (χ2v) is 11.9. The Morgan fingerprint density at radius 3 is 2.20 bits per heavy atom. The maximum atomic E-state index is 13.5. The van der Waals surface area contributed by atoms with Crippen LogP contribution in [0.15, 0.2) is 24.3 Å². The molecule has 1 aromatic carbocycles. The highest BCUT2D eigenvalue weighted by molar-refractivity contribution is 7.89. The predicted molar refractivity (Wildman–Crippen MR) is 134 cm³/mol. The number of rotatable bonds is 11. The van der Waals surface area contributed by atoms with Crippen LogP contribution in [-0.4, -0.2) is 72.3 Å². The van der Waals surface area contributed by atoms with Crippen molar-refractivity contribution in [3.05, 3.63) is 35.6 Å². The molecule has 0 aromatic heterocycles. The minimum atomic E-state index is -3.52. The van der Waals surface area contributed by atoms with Gasteiger partial charge in [-0.2, -0.15) is 4.31 Å². The lowest BCUT2D eigenvalue weighted by Crippen LogP contribution is -2.52. The van der Waals surface area contributed by atoms with Crippen molar-refractivity contribution in [1.29, 1.82) is 0 Å². The Bertz CT molecular complexity index is 940. The van der Waals surface area contributed by atoms with Crippen LogP contribution in [0.5, 0.6) is 0 Å². The fraction of sp³-hybridized carbons (Fsp3) is 0.692. The van der Waals surface area contributed by atoms with Crippen molar-refractivity contribution in [1.82, 2.24) is 14.1 Å². The molecule has 1 saturated heterocycles. The first-order valence-corrected chi connectivity index (χ1v) is 14.7. The van der Waals surface area contributed by atoms with E-state index in [-0.39, 0.29) is 48.4 Å². The fourth-order valence-electron chi connectivity index (χ4n) is 5.23. The average molecular weight is 510 g/mol. The third-order valence-electron chi connectivity index (χ3n) is 7.15. The molecule has 1 aromatic rings. The van der Waals surface area contributed by atoms with E-state index in [9.17, 15) is 22.4 Å². The van der Waals surface area contributed by atoms with Crippen LogP contribution in [0.2, 0.25) is 0 Å². The van der Waals surface area contributed by atoms with Crippen molar-refractivity contribution >= 4 is 21.8 Å². The molecule has 2 amide bonds. The monoisotopic (exact) mass is 509 g/mol. The molecule has 196 valence electrons. The summed E-state index contributed by atoms with van der Waals surface area (Å²) in [6.07, 6.45) is 6.58. The van der Waals surface area contributed by atoms with Crippen LogP contribution in [-0.2, 0) is 26.2 Å². The number of nitrogens with zero attached hydrogens (tertiary/aromatic N) is 3. The van der Waals surface area contributed by atoms with Crippen molar-refractivity contribution in [2.45, 2.75) is 77.8 Å². The van der Waals surface area contributed by atoms with E-state index in [1.807, 2.05) is 18.7 Å². The Balaban J connectivity index is 1.73. The van der Waals surface area contributed by atoms with Crippen molar-refractivity contribution in [2.75, 3.05) is 31.9 Å². The number of likely N-dealkylation sites (tertiary alicyclic amines) is 1. The standard InChI is InChI=1S/C26H40FN3O4S/c1-3-15-29(35(33,34)18-4-2)20-25(31)30(19-21-9-11-23(27)12-10-21)24-13-16-28(17-14-24)26(32)22-7-5-6-8-22/h9-12,22,24H,3-8,13-20H2,1-2H3. The fourth-order valence-corrected chi connectivity index (χ4v) is 6.77. The van der Waals surface area contributed by atoms with Gasteiger partial charge >= 0.3 is 0 Å². The summed E-state index contributed by atoms with van der Waals surface area (Å²) in [4.78, 5) is 30.1. The Morgan fingerprint density at radius 2 is 1.63 bits per heavy atom. The minimum Gasteiger partial charge on any atom is -0.342 e. The van der Waals surface area contributed by atoms with Gasteiger partial charge in [-0.05, 0) is 56.2 Å². The van der Waals surface area contributed by atoms with Gasteiger partial charge in [0.1, 0.15) is 5.82 Å². The number of halogens is 1. The lowest BCUT2D eigenvalue weighted by Gasteiger charge is -2.40. The number of carbonyl (C=O) groups excluding carboxylic acids is 2. The SMILES string of the molecule is CCCN(CC(=O)N(Cc1ccc(F)cc1)C1CCN(C(=O)C2CCCC2)CC1)S(=O)(=O)CCC. The molecule has 1 aliphatic carbocycles. The van der Waals surface area contributed by atoms with Gasteiger partial charge in [0.2, 0.25) is 21.8 Å². The van der Waals surface area contributed by atoms with Gasteiger partial charge in [0.25, 0.3) is 0 Å². The summed E-state index contributed by atoms with van der Waals surface area (Å²) in [5.74, 6) is -0.208. The summed E-state index contributed by atoms with van der Waals surface area (Å²) in [6.45, 7) is 5.29. The molecule has 3 rings (SSSR count). The van der Waals surface area contributed by atoms with Gasteiger partial charge in [0.05, 0.1) is 12.3 Å². The molecule has 35 heavy (non-hydrogen) atoms. The van der Waals surface area contributed by atoms with E-state index >= 15 is 0 Å². The molecule has 0 N–H and O–H groups in total. The summed E-state index contributed by atoms with van der Waals surface area (Å²) in [5.41, 5.74) is 0.794. The number of benzene rings is 1. The van der Waals surface area contributed by atoms with Gasteiger partial charge in [-0.1, -0.05) is 38.8 Å². The molecule has 0 radical (unpaired) electrons.